The van der Waals surface area contributed by atoms with Gasteiger partial charge in [-0.1, -0.05) is 24.6 Å². The molecule has 0 aliphatic rings. The van der Waals surface area contributed by atoms with Crippen molar-refractivity contribution >= 4 is 6.03 Å². The number of aryl methyl sites for hydroxylation is 3. The van der Waals surface area contributed by atoms with E-state index in [1.807, 2.05) is 6.92 Å². The highest BCUT2D eigenvalue weighted by atomic mass is 16.3. The lowest BCUT2D eigenvalue weighted by Crippen LogP contribution is -2.36. The summed E-state index contributed by atoms with van der Waals surface area (Å²) in [4.78, 5) is 11.7. The molecule has 1 atom stereocenters. The van der Waals surface area contributed by atoms with E-state index in [1.165, 1.54) is 22.3 Å². The van der Waals surface area contributed by atoms with Crippen molar-refractivity contribution in [3.05, 3.63) is 34.4 Å². The summed E-state index contributed by atoms with van der Waals surface area (Å²) < 4.78 is 0. The molecule has 1 aromatic rings. The topological polar surface area (TPSA) is 61.4 Å². The minimum absolute atomic E-state index is 0.187. The predicted molar refractivity (Wildman–Crippen MR) is 81.8 cm³/mol. The molecule has 0 saturated carbocycles. The van der Waals surface area contributed by atoms with Crippen LogP contribution in [0.1, 0.15) is 42.0 Å². The molecule has 0 aliphatic carbocycles. The Morgan fingerprint density at radius 1 is 1.20 bits per heavy atom. The zero-order valence-electron chi connectivity index (χ0n) is 12.9. The second-order valence-corrected chi connectivity index (χ2v) is 5.34. The van der Waals surface area contributed by atoms with Crippen LogP contribution in [0.4, 0.5) is 4.79 Å². The Bertz CT molecular complexity index is 435. The lowest BCUT2D eigenvalue weighted by molar-refractivity contribution is 0.160. The number of hydrogen-bond donors (Lipinski definition) is 3. The van der Waals surface area contributed by atoms with E-state index in [2.05, 4.69) is 43.5 Å². The first kappa shape index (κ1) is 16.5. The summed E-state index contributed by atoms with van der Waals surface area (Å²) in [6.45, 7) is 9.14. The lowest BCUT2D eigenvalue weighted by atomic mass is 10.00. The van der Waals surface area contributed by atoms with Gasteiger partial charge in [0.15, 0.2) is 0 Å². The second-order valence-electron chi connectivity index (χ2n) is 5.34. The summed E-state index contributed by atoms with van der Waals surface area (Å²) in [6, 6.07) is 4.06. The quantitative estimate of drug-likeness (QED) is 0.749. The highest BCUT2D eigenvalue weighted by Crippen LogP contribution is 2.15. The first-order valence-corrected chi connectivity index (χ1v) is 7.20. The Labute approximate surface area is 121 Å². The van der Waals surface area contributed by atoms with Gasteiger partial charge in [0, 0.05) is 13.1 Å². The highest BCUT2D eigenvalue weighted by molar-refractivity contribution is 5.73. The maximum Gasteiger partial charge on any atom is 0.315 e. The van der Waals surface area contributed by atoms with Crippen LogP contribution in [-0.2, 0) is 6.54 Å². The molecule has 0 aliphatic heterocycles. The molecule has 0 saturated heterocycles. The average molecular weight is 278 g/mol. The molecular weight excluding hydrogens is 252 g/mol. The Hall–Kier alpha value is -1.55. The van der Waals surface area contributed by atoms with Gasteiger partial charge in [0.1, 0.15) is 0 Å². The number of aliphatic hydroxyl groups excluding tert-OH is 1. The van der Waals surface area contributed by atoms with Crippen LogP contribution in [0.5, 0.6) is 0 Å². The molecule has 1 unspecified atom stereocenters. The van der Waals surface area contributed by atoms with Gasteiger partial charge < -0.3 is 15.7 Å². The summed E-state index contributed by atoms with van der Waals surface area (Å²) >= 11 is 0. The van der Waals surface area contributed by atoms with E-state index < -0.39 is 0 Å². The van der Waals surface area contributed by atoms with Crippen LogP contribution < -0.4 is 10.6 Å². The molecule has 20 heavy (non-hydrogen) atoms. The fourth-order valence-corrected chi connectivity index (χ4v) is 2.28. The van der Waals surface area contributed by atoms with Gasteiger partial charge in [-0.25, -0.2) is 4.79 Å². The van der Waals surface area contributed by atoms with Crippen LogP contribution in [0.15, 0.2) is 12.1 Å². The van der Waals surface area contributed by atoms with Crippen molar-refractivity contribution in [1.29, 1.82) is 0 Å². The van der Waals surface area contributed by atoms with Gasteiger partial charge in [0.2, 0.25) is 0 Å². The summed E-state index contributed by atoms with van der Waals surface area (Å²) in [5.41, 5.74) is 4.80. The zero-order valence-corrected chi connectivity index (χ0v) is 12.9. The molecule has 0 spiro atoms. The summed E-state index contributed by atoms with van der Waals surface area (Å²) in [6.07, 6.45) is 0.967. The number of rotatable bonds is 6. The molecule has 4 nitrogen and oxygen atoms in total. The molecule has 0 bridgehead atoms. The first-order valence-electron chi connectivity index (χ1n) is 7.20. The standard InChI is InChI=1S/C16H26N2O2/c1-5-14(19)6-7-17-16(20)18-10-15-12(3)8-11(2)9-13(15)4/h8-9,14,19H,5-7,10H2,1-4H3,(H2,17,18,20). The summed E-state index contributed by atoms with van der Waals surface area (Å²) in [5, 5.41) is 15.0. The van der Waals surface area contributed by atoms with E-state index in [0.717, 1.165) is 0 Å². The van der Waals surface area contributed by atoms with E-state index >= 15 is 0 Å². The van der Waals surface area contributed by atoms with Crippen LogP contribution in [0.2, 0.25) is 0 Å². The number of hydrogen-bond acceptors (Lipinski definition) is 2. The van der Waals surface area contributed by atoms with Gasteiger partial charge in [-0.2, -0.15) is 0 Å². The minimum atomic E-state index is -0.336. The molecule has 4 heteroatoms. The fraction of sp³-hybridized carbons (Fsp3) is 0.562. The maximum absolute atomic E-state index is 11.7. The molecular formula is C16H26N2O2. The molecule has 0 heterocycles. The molecule has 1 rings (SSSR count). The largest absolute Gasteiger partial charge is 0.393 e. The third-order valence-electron chi connectivity index (χ3n) is 3.50. The summed E-state index contributed by atoms with van der Waals surface area (Å²) in [5.74, 6) is 0. The van der Waals surface area contributed by atoms with Crippen LogP contribution in [-0.4, -0.2) is 23.8 Å². The number of carbonyl (C=O) groups excluding carboxylic acids is 1. The Balaban J connectivity index is 2.42. The van der Waals surface area contributed by atoms with Crippen LogP contribution in [0.3, 0.4) is 0 Å². The van der Waals surface area contributed by atoms with Crippen molar-refractivity contribution < 1.29 is 9.90 Å². The average Bonchev–Trinajstić information content (AvgIpc) is 2.37. The van der Waals surface area contributed by atoms with Gasteiger partial charge in [0.25, 0.3) is 0 Å². The molecule has 0 aromatic heterocycles. The van der Waals surface area contributed by atoms with Crippen molar-refractivity contribution in [3.63, 3.8) is 0 Å². The minimum Gasteiger partial charge on any atom is -0.393 e. The number of benzene rings is 1. The third kappa shape index (κ3) is 5.21. The van der Waals surface area contributed by atoms with E-state index in [1.54, 1.807) is 0 Å². The van der Waals surface area contributed by atoms with Crippen LogP contribution >= 0.6 is 0 Å². The van der Waals surface area contributed by atoms with Crippen molar-refractivity contribution in [2.75, 3.05) is 6.54 Å². The SMILES string of the molecule is CCC(O)CCNC(=O)NCc1c(C)cc(C)cc1C. The number of amides is 2. The van der Waals surface area contributed by atoms with E-state index in [4.69, 9.17) is 0 Å². The number of urea groups is 1. The Kier molecular flexibility index (Phi) is 6.52. The van der Waals surface area contributed by atoms with Gasteiger partial charge >= 0.3 is 6.03 Å². The molecule has 1 aromatic carbocycles. The smallest absolute Gasteiger partial charge is 0.315 e. The maximum atomic E-state index is 11.7. The Morgan fingerprint density at radius 2 is 1.80 bits per heavy atom. The van der Waals surface area contributed by atoms with Gasteiger partial charge in [-0.3, -0.25) is 0 Å². The van der Waals surface area contributed by atoms with E-state index in [0.29, 0.717) is 25.9 Å². The third-order valence-corrected chi connectivity index (χ3v) is 3.50. The van der Waals surface area contributed by atoms with Gasteiger partial charge in [-0.05, 0) is 50.3 Å². The van der Waals surface area contributed by atoms with Crippen molar-refractivity contribution in [3.8, 4) is 0 Å². The van der Waals surface area contributed by atoms with Crippen molar-refractivity contribution in [1.82, 2.24) is 10.6 Å². The lowest BCUT2D eigenvalue weighted by Gasteiger charge is -2.13. The normalized spacial score (nSPS) is 12.1. The molecule has 0 radical (unpaired) electrons. The van der Waals surface area contributed by atoms with Crippen LogP contribution in [0, 0.1) is 20.8 Å². The Morgan fingerprint density at radius 3 is 2.35 bits per heavy atom. The molecule has 0 fully saturated rings. The number of nitrogens with one attached hydrogen (secondary N) is 2. The molecule has 2 amide bonds. The van der Waals surface area contributed by atoms with Crippen molar-refractivity contribution in [2.24, 2.45) is 0 Å². The first-order chi connectivity index (χ1) is 9.43. The van der Waals surface area contributed by atoms with Gasteiger partial charge in [-0.15, -0.1) is 0 Å². The monoisotopic (exact) mass is 278 g/mol. The molecule has 3 N–H and O–H groups in total. The predicted octanol–water partition coefficient (Wildman–Crippen LogP) is 2.57. The van der Waals surface area contributed by atoms with Crippen molar-refractivity contribution in [2.45, 2.75) is 53.2 Å². The van der Waals surface area contributed by atoms with Gasteiger partial charge in [0.05, 0.1) is 6.10 Å². The second kappa shape index (κ2) is 7.90. The van der Waals surface area contributed by atoms with E-state index in [-0.39, 0.29) is 12.1 Å². The van der Waals surface area contributed by atoms with Crippen LogP contribution in [0.25, 0.3) is 0 Å². The zero-order chi connectivity index (χ0) is 15.1. The fourth-order valence-electron chi connectivity index (χ4n) is 2.28. The number of carbonyl (C=O) groups is 1. The number of aliphatic hydroxyl groups is 1. The van der Waals surface area contributed by atoms with E-state index in [9.17, 15) is 9.90 Å². The highest BCUT2D eigenvalue weighted by Gasteiger charge is 2.07. The molecule has 112 valence electrons. The summed E-state index contributed by atoms with van der Waals surface area (Å²) in [7, 11) is 0.